The molecule has 0 aromatic heterocycles. The van der Waals surface area contributed by atoms with Gasteiger partial charge >= 0.3 is 0 Å². The third-order valence-electron chi connectivity index (χ3n) is 5.84. The molecule has 2 N–H and O–H groups in total. The Labute approximate surface area is 175 Å². The molecule has 4 rings (SSSR count). The number of dihydropyridines is 1. The van der Waals surface area contributed by atoms with E-state index in [2.05, 4.69) is 29.7 Å². The van der Waals surface area contributed by atoms with Crippen LogP contribution in [0.4, 0.5) is 10.1 Å². The molecular formula is C25H25FN2O2. The monoisotopic (exact) mass is 404 g/mol. The molecule has 1 aliphatic heterocycles. The predicted molar refractivity (Wildman–Crippen MR) is 115 cm³/mol. The first kappa shape index (κ1) is 20.1. The fraction of sp³-hybridized carbons (Fsp3) is 0.280. The van der Waals surface area contributed by atoms with Crippen LogP contribution in [0.2, 0.25) is 0 Å². The van der Waals surface area contributed by atoms with Gasteiger partial charge in [0, 0.05) is 40.6 Å². The number of halogens is 1. The molecule has 2 aromatic carbocycles. The van der Waals surface area contributed by atoms with Crippen LogP contribution in [0.15, 0.2) is 71.1 Å². The van der Waals surface area contributed by atoms with Crippen molar-refractivity contribution >= 4 is 17.4 Å². The van der Waals surface area contributed by atoms with E-state index in [4.69, 9.17) is 0 Å². The van der Waals surface area contributed by atoms with Crippen LogP contribution in [-0.2, 0) is 16.0 Å². The molecule has 4 nitrogen and oxygen atoms in total. The summed E-state index contributed by atoms with van der Waals surface area (Å²) >= 11 is 0. The molecule has 2 aromatic rings. The number of allylic oxidation sites excluding steroid dienone is 3. The zero-order chi connectivity index (χ0) is 21.3. The summed E-state index contributed by atoms with van der Waals surface area (Å²) in [4.78, 5) is 26.2. The normalized spacial score (nSPS) is 18.8. The number of nitrogens with one attached hydrogen (secondary N) is 2. The van der Waals surface area contributed by atoms with Gasteiger partial charge in [-0.05, 0) is 61.6 Å². The molecule has 0 unspecified atom stereocenters. The van der Waals surface area contributed by atoms with Crippen LogP contribution < -0.4 is 10.6 Å². The minimum absolute atomic E-state index is 0.0906. The third-order valence-corrected chi connectivity index (χ3v) is 5.84. The second-order valence-corrected chi connectivity index (χ2v) is 7.82. The summed E-state index contributed by atoms with van der Waals surface area (Å²) in [6.45, 7) is 3.96. The second kappa shape index (κ2) is 8.27. The highest BCUT2D eigenvalue weighted by Gasteiger charge is 2.38. The van der Waals surface area contributed by atoms with Crippen LogP contribution in [0.1, 0.15) is 50.2 Å². The lowest BCUT2D eigenvalue weighted by atomic mass is 9.75. The smallest absolute Gasteiger partial charge is 0.254 e. The van der Waals surface area contributed by atoms with Crippen LogP contribution in [-0.4, -0.2) is 11.7 Å². The lowest BCUT2D eigenvalue weighted by molar-refractivity contribution is -0.116. The van der Waals surface area contributed by atoms with Gasteiger partial charge in [-0.1, -0.05) is 31.2 Å². The van der Waals surface area contributed by atoms with Gasteiger partial charge in [0.1, 0.15) is 5.82 Å². The first-order valence-electron chi connectivity index (χ1n) is 10.4. The minimum atomic E-state index is -0.416. The summed E-state index contributed by atoms with van der Waals surface area (Å²) in [5, 5.41) is 6.18. The van der Waals surface area contributed by atoms with Gasteiger partial charge in [-0.2, -0.15) is 0 Å². The van der Waals surface area contributed by atoms with Crippen LogP contribution in [0, 0.1) is 5.82 Å². The van der Waals surface area contributed by atoms with E-state index in [1.807, 2.05) is 19.1 Å². The number of benzene rings is 2. The van der Waals surface area contributed by atoms with Crippen molar-refractivity contribution in [3.8, 4) is 0 Å². The number of amides is 1. The molecule has 1 atom stereocenters. The number of Topliss-reactive ketones (excluding diaryl/α,β-unsaturated/α-hetero) is 1. The number of carbonyl (C=O) groups is 2. The maximum absolute atomic E-state index is 13.3. The number of hydrogen-bond acceptors (Lipinski definition) is 3. The summed E-state index contributed by atoms with van der Waals surface area (Å²) in [6.07, 6.45) is 3.04. The average Bonchev–Trinajstić information content (AvgIpc) is 2.74. The zero-order valence-corrected chi connectivity index (χ0v) is 17.2. The van der Waals surface area contributed by atoms with E-state index in [0.29, 0.717) is 23.3 Å². The van der Waals surface area contributed by atoms with Gasteiger partial charge < -0.3 is 10.6 Å². The Bertz CT molecular complexity index is 1050. The van der Waals surface area contributed by atoms with Gasteiger partial charge in [0.05, 0.1) is 0 Å². The van der Waals surface area contributed by atoms with Gasteiger partial charge in [-0.15, -0.1) is 0 Å². The molecule has 30 heavy (non-hydrogen) atoms. The maximum Gasteiger partial charge on any atom is 0.254 e. The quantitative estimate of drug-likeness (QED) is 0.754. The molecule has 0 fully saturated rings. The Morgan fingerprint density at radius 1 is 1.10 bits per heavy atom. The topological polar surface area (TPSA) is 58.2 Å². The van der Waals surface area contributed by atoms with Crippen molar-refractivity contribution in [2.75, 3.05) is 5.32 Å². The van der Waals surface area contributed by atoms with Gasteiger partial charge in [-0.25, -0.2) is 4.39 Å². The van der Waals surface area contributed by atoms with Gasteiger partial charge in [0.2, 0.25) is 0 Å². The highest BCUT2D eigenvalue weighted by Crippen LogP contribution is 2.42. The number of aryl methyl sites for hydroxylation is 1. The average molecular weight is 404 g/mol. The van der Waals surface area contributed by atoms with Crippen molar-refractivity contribution in [2.45, 2.75) is 45.4 Å². The minimum Gasteiger partial charge on any atom is -0.362 e. The van der Waals surface area contributed by atoms with Crippen molar-refractivity contribution in [3.63, 3.8) is 0 Å². The van der Waals surface area contributed by atoms with Crippen molar-refractivity contribution in [1.29, 1.82) is 0 Å². The maximum atomic E-state index is 13.3. The predicted octanol–water partition coefficient (Wildman–Crippen LogP) is 4.99. The SMILES string of the molecule is CCc1ccc([C@H]2C(C(=O)Nc3ccc(F)cc3)=C(C)NC3=C2C(=O)CCC3)cc1. The Hall–Kier alpha value is -3.21. The molecular weight excluding hydrogens is 379 g/mol. The van der Waals surface area contributed by atoms with E-state index in [9.17, 15) is 14.0 Å². The Balaban J connectivity index is 1.76. The third kappa shape index (κ3) is 3.80. The summed E-state index contributed by atoms with van der Waals surface area (Å²) in [5.74, 6) is -0.978. The van der Waals surface area contributed by atoms with E-state index in [1.165, 1.54) is 29.8 Å². The number of anilines is 1. The molecule has 1 amide bonds. The van der Waals surface area contributed by atoms with Crippen LogP contribution in [0.3, 0.4) is 0 Å². The van der Waals surface area contributed by atoms with Gasteiger partial charge in [-0.3, -0.25) is 9.59 Å². The van der Waals surface area contributed by atoms with E-state index in [0.717, 1.165) is 36.2 Å². The molecule has 1 heterocycles. The van der Waals surface area contributed by atoms with E-state index in [-0.39, 0.29) is 17.5 Å². The molecule has 2 aliphatic rings. The lowest BCUT2D eigenvalue weighted by Crippen LogP contribution is -2.35. The summed E-state index contributed by atoms with van der Waals surface area (Å²) in [6, 6.07) is 13.8. The van der Waals surface area contributed by atoms with E-state index >= 15 is 0 Å². The van der Waals surface area contributed by atoms with Gasteiger partial charge in [0.25, 0.3) is 5.91 Å². The second-order valence-electron chi connectivity index (χ2n) is 7.82. The Morgan fingerprint density at radius 2 is 1.80 bits per heavy atom. The zero-order valence-electron chi connectivity index (χ0n) is 17.2. The van der Waals surface area contributed by atoms with E-state index < -0.39 is 5.92 Å². The van der Waals surface area contributed by atoms with Crippen molar-refractivity contribution < 1.29 is 14.0 Å². The molecule has 0 spiro atoms. The van der Waals surface area contributed by atoms with E-state index in [1.54, 1.807) is 0 Å². The molecule has 0 radical (unpaired) electrons. The standard InChI is InChI=1S/C25H25FN2O2/c1-3-16-7-9-17(10-8-16)23-22(25(30)28-19-13-11-18(26)12-14-19)15(2)27-20-5-4-6-21(29)24(20)23/h7-14,23,27H,3-6H2,1-2H3,(H,28,30)/t23-/m0/s1. The van der Waals surface area contributed by atoms with Crippen molar-refractivity contribution in [1.82, 2.24) is 5.32 Å². The number of rotatable bonds is 4. The fourth-order valence-electron chi connectivity index (χ4n) is 4.30. The molecule has 1 aliphatic carbocycles. The first-order valence-corrected chi connectivity index (χ1v) is 10.4. The van der Waals surface area contributed by atoms with Crippen molar-refractivity contribution in [3.05, 3.63) is 88.0 Å². The largest absolute Gasteiger partial charge is 0.362 e. The van der Waals surface area contributed by atoms with Gasteiger partial charge in [0.15, 0.2) is 5.78 Å². The summed E-state index contributed by atoms with van der Waals surface area (Å²) < 4.78 is 13.2. The first-order chi connectivity index (χ1) is 14.5. The molecule has 0 bridgehead atoms. The molecule has 154 valence electrons. The highest BCUT2D eigenvalue weighted by molar-refractivity contribution is 6.09. The number of carbonyl (C=O) groups excluding carboxylic acids is 2. The number of ketones is 1. The van der Waals surface area contributed by atoms with Crippen LogP contribution in [0.25, 0.3) is 0 Å². The van der Waals surface area contributed by atoms with Crippen LogP contribution >= 0.6 is 0 Å². The molecule has 0 saturated carbocycles. The highest BCUT2D eigenvalue weighted by atomic mass is 19.1. The Morgan fingerprint density at radius 3 is 2.47 bits per heavy atom. The van der Waals surface area contributed by atoms with Crippen LogP contribution in [0.5, 0.6) is 0 Å². The lowest BCUT2D eigenvalue weighted by Gasteiger charge is -2.34. The Kier molecular flexibility index (Phi) is 5.53. The summed E-state index contributed by atoms with van der Waals surface area (Å²) in [5.41, 5.74) is 5.53. The fourth-order valence-corrected chi connectivity index (χ4v) is 4.30. The molecule has 0 saturated heterocycles. The summed E-state index contributed by atoms with van der Waals surface area (Å²) in [7, 11) is 0. The molecule has 5 heteroatoms. The van der Waals surface area contributed by atoms with Crippen molar-refractivity contribution in [2.24, 2.45) is 0 Å². The number of hydrogen-bond donors (Lipinski definition) is 2.